The number of likely N-dealkylation sites (N-methyl/N-ethyl adjacent to an activating group) is 1. The molecule has 0 bridgehead atoms. The molecule has 0 aliphatic rings. The molecule has 0 atom stereocenters. The van der Waals surface area contributed by atoms with Gasteiger partial charge in [0.15, 0.2) is 0 Å². The quantitative estimate of drug-likeness (QED) is 0.741. The van der Waals surface area contributed by atoms with Crippen LogP contribution in [0.15, 0.2) is 30.6 Å². The molecule has 1 amide bonds. The number of nitrogens with zero attached hydrogens (tertiary/aromatic N) is 3. The molecule has 0 aliphatic heterocycles. The SMILES string of the molecule is CC(C)c1cccc(C(C)C)c1Nc1ncc(C(=O)NCCN(C)C)cn1. The molecule has 146 valence electrons. The standard InChI is InChI=1S/C21H31N5O/c1-14(2)17-8-7-9-18(15(3)4)19(17)25-21-23-12-16(13-24-21)20(27)22-10-11-26(5)6/h7-9,12-15H,10-11H2,1-6H3,(H,22,27)(H,23,24,25). The Morgan fingerprint density at radius 1 is 1.04 bits per heavy atom. The second-order valence-electron chi connectivity index (χ2n) is 7.60. The molecule has 6 nitrogen and oxygen atoms in total. The molecule has 1 aromatic carbocycles. The van der Waals surface area contributed by atoms with Crippen molar-refractivity contribution in [2.24, 2.45) is 0 Å². The van der Waals surface area contributed by atoms with Crippen LogP contribution in [0.25, 0.3) is 0 Å². The fourth-order valence-electron chi connectivity index (χ4n) is 2.81. The van der Waals surface area contributed by atoms with Gasteiger partial charge in [0.1, 0.15) is 0 Å². The van der Waals surface area contributed by atoms with Gasteiger partial charge in [0, 0.05) is 31.2 Å². The predicted molar refractivity (Wildman–Crippen MR) is 111 cm³/mol. The van der Waals surface area contributed by atoms with Gasteiger partial charge in [0.2, 0.25) is 5.95 Å². The van der Waals surface area contributed by atoms with Crippen LogP contribution in [0.4, 0.5) is 11.6 Å². The molecular formula is C21H31N5O. The number of amides is 1. The lowest BCUT2D eigenvalue weighted by Crippen LogP contribution is -2.31. The number of benzene rings is 1. The van der Waals surface area contributed by atoms with Crippen molar-refractivity contribution in [1.29, 1.82) is 0 Å². The third-order valence-electron chi connectivity index (χ3n) is 4.37. The van der Waals surface area contributed by atoms with Crippen LogP contribution in [-0.4, -0.2) is 48.0 Å². The van der Waals surface area contributed by atoms with Gasteiger partial charge in [-0.2, -0.15) is 0 Å². The number of hydrogen-bond donors (Lipinski definition) is 2. The average Bonchev–Trinajstić information content (AvgIpc) is 2.61. The molecule has 0 radical (unpaired) electrons. The zero-order valence-corrected chi connectivity index (χ0v) is 17.2. The van der Waals surface area contributed by atoms with Gasteiger partial charge in [-0.3, -0.25) is 4.79 Å². The van der Waals surface area contributed by atoms with Gasteiger partial charge in [-0.25, -0.2) is 9.97 Å². The lowest BCUT2D eigenvalue weighted by atomic mass is 9.93. The van der Waals surface area contributed by atoms with Gasteiger partial charge in [-0.1, -0.05) is 45.9 Å². The summed E-state index contributed by atoms with van der Waals surface area (Å²) in [5.41, 5.74) is 3.98. The first kappa shape index (κ1) is 20.8. The molecular weight excluding hydrogens is 338 g/mol. The zero-order chi connectivity index (χ0) is 20.0. The summed E-state index contributed by atoms with van der Waals surface area (Å²) in [7, 11) is 3.94. The molecule has 0 fully saturated rings. The van der Waals surface area contributed by atoms with Crippen LogP contribution >= 0.6 is 0 Å². The summed E-state index contributed by atoms with van der Waals surface area (Å²) >= 11 is 0. The molecule has 0 aliphatic carbocycles. The highest BCUT2D eigenvalue weighted by molar-refractivity contribution is 5.93. The number of carbonyl (C=O) groups excluding carboxylic acids is 1. The molecule has 1 aromatic heterocycles. The fourth-order valence-corrected chi connectivity index (χ4v) is 2.81. The van der Waals surface area contributed by atoms with Crippen molar-refractivity contribution in [2.75, 3.05) is 32.5 Å². The van der Waals surface area contributed by atoms with E-state index in [2.05, 4.69) is 66.5 Å². The summed E-state index contributed by atoms with van der Waals surface area (Å²) < 4.78 is 0. The fraction of sp³-hybridized carbons (Fsp3) is 0.476. The van der Waals surface area contributed by atoms with E-state index < -0.39 is 0 Å². The van der Waals surface area contributed by atoms with Gasteiger partial charge < -0.3 is 15.5 Å². The number of anilines is 2. The van der Waals surface area contributed by atoms with E-state index in [1.807, 2.05) is 19.0 Å². The van der Waals surface area contributed by atoms with Crippen molar-refractivity contribution >= 4 is 17.5 Å². The van der Waals surface area contributed by atoms with Crippen LogP contribution in [0.1, 0.15) is 61.0 Å². The number of carbonyl (C=O) groups is 1. The maximum Gasteiger partial charge on any atom is 0.254 e. The summed E-state index contributed by atoms with van der Waals surface area (Å²) in [5.74, 6) is 1.10. The first-order valence-electron chi connectivity index (χ1n) is 9.44. The van der Waals surface area contributed by atoms with Crippen molar-refractivity contribution in [3.63, 3.8) is 0 Å². The Bertz CT molecular complexity index is 727. The Balaban J connectivity index is 2.16. The van der Waals surface area contributed by atoms with Crippen LogP contribution in [0.3, 0.4) is 0 Å². The summed E-state index contributed by atoms with van der Waals surface area (Å²) in [6, 6.07) is 6.36. The average molecular weight is 370 g/mol. The predicted octanol–water partition coefficient (Wildman–Crippen LogP) is 3.76. The molecule has 6 heteroatoms. The van der Waals surface area contributed by atoms with Gasteiger partial charge in [-0.05, 0) is 37.1 Å². The maximum absolute atomic E-state index is 12.2. The Morgan fingerprint density at radius 2 is 1.59 bits per heavy atom. The number of para-hydroxylation sites is 1. The normalized spacial score (nSPS) is 11.3. The summed E-state index contributed by atoms with van der Waals surface area (Å²) in [4.78, 5) is 22.9. The topological polar surface area (TPSA) is 70.2 Å². The summed E-state index contributed by atoms with van der Waals surface area (Å²) in [5, 5.41) is 6.23. The molecule has 2 aromatic rings. The minimum Gasteiger partial charge on any atom is -0.351 e. The van der Waals surface area contributed by atoms with E-state index in [1.165, 1.54) is 11.1 Å². The zero-order valence-electron chi connectivity index (χ0n) is 17.2. The number of nitrogens with one attached hydrogen (secondary N) is 2. The van der Waals surface area contributed by atoms with E-state index in [-0.39, 0.29) is 5.91 Å². The molecule has 27 heavy (non-hydrogen) atoms. The highest BCUT2D eigenvalue weighted by Gasteiger charge is 2.15. The van der Waals surface area contributed by atoms with Crippen molar-refractivity contribution in [3.8, 4) is 0 Å². The van der Waals surface area contributed by atoms with Crippen molar-refractivity contribution in [3.05, 3.63) is 47.3 Å². The molecule has 0 spiro atoms. The summed E-state index contributed by atoms with van der Waals surface area (Å²) in [6.07, 6.45) is 3.13. The number of rotatable bonds is 8. The maximum atomic E-state index is 12.2. The molecule has 0 unspecified atom stereocenters. The van der Waals surface area contributed by atoms with Crippen molar-refractivity contribution < 1.29 is 4.79 Å². The lowest BCUT2D eigenvalue weighted by molar-refractivity contribution is 0.0950. The third kappa shape index (κ3) is 5.76. The van der Waals surface area contributed by atoms with Crippen LogP contribution < -0.4 is 10.6 Å². The van der Waals surface area contributed by atoms with E-state index in [0.717, 1.165) is 12.2 Å². The second-order valence-corrected chi connectivity index (χ2v) is 7.60. The Labute approximate surface area is 162 Å². The van der Waals surface area contributed by atoms with E-state index in [9.17, 15) is 4.79 Å². The molecule has 1 heterocycles. The molecule has 2 rings (SSSR count). The molecule has 0 saturated carbocycles. The Hall–Kier alpha value is -2.47. The monoisotopic (exact) mass is 369 g/mol. The van der Waals surface area contributed by atoms with Gasteiger partial charge >= 0.3 is 0 Å². The second kappa shape index (κ2) is 9.46. The molecule has 0 saturated heterocycles. The van der Waals surface area contributed by atoms with E-state index in [4.69, 9.17) is 0 Å². The highest BCUT2D eigenvalue weighted by Crippen LogP contribution is 2.33. The van der Waals surface area contributed by atoms with Crippen LogP contribution in [0.5, 0.6) is 0 Å². The van der Waals surface area contributed by atoms with E-state index in [1.54, 1.807) is 12.4 Å². The Kier molecular flexibility index (Phi) is 7.30. The van der Waals surface area contributed by atoms with E-state index in [0.29, 0.717) is 29.9 Å². The minimum atomic E-state index is -0.158. The summed E-state index contributed by atoms with van der Waals surface area (Å²) in [6.45, 7) is 10.1. The number of aromatic nitrogens is 2. The number of hydrogen-bond acceptors (Lipinski definition) is 5. The van der Waals surface area contributed by atoms with Crippen molar-refractivity contribution in [1.82, 2.24) is 20.2 Å². The third-order valence-corrected chi connectivity index (χ3v) is 4.37. The van der Waals surface area contributed by atoms with E-state index >= 15 is 0 Å². The van der Waals surface area contributed by atoms with Crippen LogP contribution in [0.2, 0.25) is 0 Å². The van der Waals surface area contributed by atoms with Crippen LogP contribution in [0, 0.1) is 0 Å². The lowest BCUT2D eigenvalue weighted by Gasteiger charge is -2.20. The van der Waals surface area contributed by atoms with Gasteiger partial charge in [0.05, 0.1) is 5.56 Å². The Morgan fingerprint density at radius 3 is 2.07 bits per heavy atom. The van der Waals surface area contributed by atoms with Crippen LogP contribution in [-0.2, 0) is 0 Å². The molecule has 2 N–H and O–H groups in total. The van der Waals surface area contributed by atoms with Crippen molar-refractivity contribution in [2.45, 2.75) is 39.5 Å². The van der Waals surface area contributed by atoms with Gasteiger partial charge in [0.25, 0.3) is 5.91 Å². The first-order chi connectivity index (χ1) is 12.8. The highest BCUT2D eigenvalue weighted by atomic mass is 16.1. The largest absolute Gasteiger partial charge is 0.351 e. The minimum absolute atomic E-state index is 0.158. The van der Waals surface area contributed by atoms with Gasteiger partial charge in [-0.15, -0.1) is 0 Å². The smallest absolute Gasteiger partial charge is 0.254 e. The first-order valence-corrected chi connectivity index (χ1v) is 9.44.